The van der Waals surface area contributed by atoms with Crippen LogP contribution in [0.15, 0.2) is 22.7 Å². The third-order valence-electron chi connectivity index (χ3n) is 2.40. The predicted octanol–water partition coefficient (Wildman–Crippen LogP) is 3.89. The molecule has 1 heterocycles. The molecule has 0 aliphatic rings. The summed E-state index contributed by atoms with van der Waals surface area (Å²) in [5.74, 6) is 0. The number of ether oxygens (including phenoxy) is 1. The Morgan fingerprint density at radius 3 is 2.67 bits per heavy atom. The van der Waals surface area contributed by atoms with Gasteiger partial charge in [-0.1, -0.05) is 22.0 Å². The summed E-state index contributed by atoms with van der Waals surface area (Å²) in [5.41, 5.74) is 1.01. The van der Waals surface area contributed by atoms with E-state index >= 15 is 0 Å². The Morgan fingerprint density at radius 2 is 2.06 bits per heavy atom. The SMILES string of the molecule is Cc1nn(C(=O)OC(C)(C)C)c2cccc(Br)c12. The average molecular weight is 311 g/mol. The number of carbonyl (C=O) groups excluding carboxylic acids is 1. The van der Waals surface area contributed by atoms with Crippen LogP contribution in [0.5, 0.6) is 0 Å². The van der Waals surface area contributed by atoms with Gasteiger partial charge in [-0.15, -0.1) is 0 Å². The smallest absolute Gasteiger partial charge is 0.435 e. The van der Waals surface area contributed by atoms with Crippen LogP contribution in [0.3, 0.4) is 0 Å². The standard InChI is InChI=1S/C13H15BrN2O2/c1-8-11-9(14)6-5-7-10(11)16(15-8)12(17)18-13(2,3)4/h5-7H,1-4H3. The maximum atomic E-state index is 12.1. The van der Waals surface area contributed by atoms with Crippen LogP contribution in [0.1, 0.15) is 26.5 Å². The lowest BCUT2D eigenvalue weighted by molar-refractivity contribution is 0.0522. The molecule has 0 fully saturated rings. The Labute approximate surface area is 114 Å². The van der Waals surface area contributed by atoms with Crippen molar-refractivity contribution in [2.45, 2.75) is 33.3 Å². The minimum Gasteiger partial charge on any atom is -0.442 e. The third-order valence-corrected chi connectivity index (χ3v) is 3.06. The minimum atomic E-state index is -0.532. The van der Waals surface area contributed by atoms with Crippen molar-refractivity contribution in [3.63, 3.8) is 0 Å². The van der Waals surface area contributed by atoms with Gasteiger partial charge in [-0.3, -0.25) is 0 Å². The average Bonchev–Trinajstić information content (AvgIpc) is 2.55. The largest absolute Gasteiger partial charge is 0.442 e. The van der Waals surface area contributed by atoms with E-state index in [0.717, 1.165) is 21.1 Å². The number of fused-ring (bicyclic) bond motifs is 1. The minimum absolute atomic E-state index is 0.460. The molecule has 0 spiro atoms. The van der Waals surface area contributed by atoms with Crippen LogP contribution >= 0.6 is 15.9 Å². The Morgan fingerprint density at radius 1 is 1.39 bits per heavy atom. The highest BCUT2D eigenvalue weighted by atomic mass is 79.9. The molecule has 1 aromatic heterocycles. The maximum absolute atomic E-state index is 12.1. The predicted molar refractivity (Wildman–Crippen MR) is 73.8 cm³/mol. The molecule has 18 heavy (non-hydrogen) atoms. The van der Waals surface area contributed by atoms with Crippen LogP contribution < -0.4 is 0 Å². The van der Waals surface area contributed by atoms with Gasteiger partial charge in [0, 0.05) is 9.86 Å². The number of carbonyl (C=O) groups is 1. The first-order valence-electron chi connectivity index (χ1n) is 5.67. The summed E-state index contributed by atoms with van der Waals surface area (Å²) in [5, 5.41) is 5.18. The fourth-order valence-corrected chi connectivity index (χ4v) is 2.39. The summed E-state index contributed by atoms with van der Waals surface area (Å²) in [6, 6.07) is 5.65. The second kappa shape index (κ2) is 4.39. The molecular formula is C13H15BrN2O2. The fraction of sp³-hybridized carbons (Fsp3) is 0.385. The van der Waals surface area contributed by atoms with Gasteiger partial charge in [0.2, 0.25) is 0 Å². The van der Waals surface area contributed by atoms with Gasteiger partial charge < -0.3 is 4.74 Å². The highest BCUT2D eigenvalue weighted by Gasteiger charge is 2.21. The molecule has 0 unspecified atom stereocenters. The van der Waals surface area contributed by atoms with E-state index in [1.807, 2.05) is 45.9 Å². The molecule has 1 aromatic carbocycles. The van der Waals surface area contributed by atoms with Gasteiger partial charge in [-0.2, -0.15) is 9.78 Å². The van der Waals surface area contributed by atoms with E-state index in [-0.39, 0.29) is 0 Å². The lowest BCUT2D eigenvalue weighted by Gasteiger charge is -2.19. The molecule has 0 aliphatic heterocycles. The van der Waals surface area contributed by atoms with E-state index in [1.54, 1.807) is 0 Å². The van der Waals surface area contributed by atoms with E-state index in [0.29, 0.717) is 0 Å². The number of rotatable bonds is 0. The molecule has 0 atom stereocenters. The summed E-state index contributed by atoms with van der Waals surface area (Å²) in [6.45, 7) is 7.37. The zero-order valence-electron chi connectivity index (χ0n) is 10.8. The summed E-state index contributed by atoms with van der Waals surface area (Å²) < 4.78 is 7.56. The lowest BCUT2D eigenvalue weighted by Crippen LogP contribution is -2.27. The molecule has 0 saturated carbocycles. The first-order valence-corrected chi connectivity index (χ1v) is 6.46. The van der Waals surface area contributed by atoms with Gasteiger partial charge in [-0.05, 0) is 39.8 Å². The van der Waals surface area contributed by atoms with Gasteiger partial charge in [-0.25, -0.2) is 4.79 Å². The molecule has 0 saturated heterocycles. The quantitative estimate of drug-likeness (QED) is 0.741. The topological polar surface area (TPSA) is 44.1 Å². The highest BCUT2D eigenvalue weighted by Crippen LogP contribution is 2.27. The van der Waals surface area contributed by atoms with Gasteiger partial charge >= 0.3 is 6.09 Å². The molecule has 5 heteroatoms. The number of aromatic nitrogens is 2. The highest BCUT2D eigenvalue weighted by molar-refractivity contribution is 9.10. The van der Waals surface area contributed by atoms with E-state index < -0.39 is 11.7 Å². The summed E-state index contributed by atoms with van der Waals surface area (Å²) in [4.78, 5) is 12.1. The summed E-state index contributed by atoms with van der Waals surface area (Å²) >= 11 is 3.47. The number of aryl methyl sites for hydroxylation is 1. The first kappa shape index (κ1) is 13.1. The fourth-order valence-electron chi connectivity index (χ4n) is 1.75. The van der Waals surface area contributed by atoms with Gasteiger partial charge in [0.25, 0.3) is 0 Å². The Bertz CT molecular complexity index is 611. The van der Waals surface area contributed by atoms with Crippen molar-refractivity contribution in [2.75, 3.05) is 0 Å². The molecule has 0 amide bonds. The van der Waals surface area contributed by atoms with Gasteiger partial charge in [0.1, 0.15) is 5.60 Å². The molecule has 2 aromatic rings. The Balaban J connectivity index is 2.53. The van der Waals surface area contributed by atoms with Crippen LogP contribution in [0, 0.1) is 6.92 Å². The molecule has 0 N–H and O–H groups in total. The van der Waals surface area contributed by atoms with E-state index in [1.165, 1.54) is 4.68 Å². The zero-order chi connectivity index (χ0) is 13.5. The van der Waals surface area contributed by atoms with Crippen molar-refractivity contribution in [1.29, 1.82) is 0 Å². The van der Waals surface area contributed by atoms with Crippen molar-refractivity contribution in [3.05, 3.63) is 28.4 Å². The molecule has 0 radical (unpaired) electrons. The Kier molecular flexibility index (Phi) is 3.19. The number of halogens is 1. The van der Waals surface area contributed by atoms with Crippen molar-refractivity contribution in [1.82, 2.24) is 9.78 Å². The molecular weight excluding hydrogens is 296 g/mol. The van der Waals surface area contributed by atoms with E-state index in [9.17, 15) is 4.79 Å². The maximum Gasteiger partial charge on any atom is 0.435 e. The van der Waals surface area contributed by atoms with E-state index in [4.69, 9.17) is 4.74 Å². The second-order valence-electron chi connectivity index (χ2n) is 5.11. The molecule has 0 bridgehead atoms. The van der Waals surface area contributed by atoms with Gasteiger partial charge in [0.05, 0.1) is 11.2 Å². The number of hydrogen-bond acceptors (Lipinski definition) is 3. The first-order chi connectivity index (χ1) is 8.29. The van der Waals surface area contributed by atoms with Crippen LogP contribution in [-0.2, 0) is 4.74 Å². The van der Waals surface area contributed by atoms with E-state index in [2.05, 4.69) is 21.0 Å². The van der Waals surface area contributed by atoms with Crippen molar-refractivity contribution in [3.8, 4) is 0 Å². The number of benzene rings is 1. The monoisotopic (exact) mass is 310 g/mol. The number of nitrogens with zero attached hydrogens (tertiary/aromatic N) is 2. The van der Waals surface area contributed by atoms with Crippen LogP contribution in [0.4, 0.5) is 4.79 Å². The summed E-state index contributed by atoms with van der Waals surface area (Å²) in [7, 11) is 0. The van der Waals surface area contributed by atoms with Crippen LogP contribution in [-0.4, -0.2) is 21.5 Å². The summed E-state index contributed by atoms with van der Waals surface area (Å²) in [6.07, 6.45) is -0.460. The third kappa shape index (κ3) is 2.41. The van der Waals surface area contributed by atoms with Crippen LogP contribution in [0.25, 0.3) is 10.9 Å². The lowest BCUT2D eigenvalue weighted by atomic mass is 10.2. The molecule has 2 rings (SSSR count). The van der Waals surface area contributed by atoms with Crippen LogP contribution in [0.2, 0.25) is 0 Å². The Hall–Kier alpha value is -1.36. The molecule has 0 aliphatic carbocycles. The zero-order valence-corrected chi connectivity index (χ0v) is 12.4. The van der Waals surface area contributed by atoms with Gasteiger partial charge in [0.15, 0.2) is 0 Å². The van der Waals surface area contributed by atoms with Crippen molar-refractivity contribution < 1.29 is 9.53 Å². The number of hydrogen-bond donors (Lipinski definition) is 0. The van der Waals surface area contributed by atoms with Crippen molar-refractivity contribution >= 4 is 32.9 Å². The second-order valence-corrected chi connectivity index (χ2v) is 5.97. The molecule has 4 nitrogen and oxygen atoms in total. The molecule has 96 valence electrons. The normalized spacial score (nSPS) is 11.8. The van der Waals surface area contributed by atoms with Crippen molar-refractivity contribution in [2.24, 2.45) is 0 Å².